The molecule has 1 fully saturated rings. The van der Waals surface area contributed by atoms with Crippen LogP contribution in [0.4, 0.5) is 13.2 Å². The zero-order chi connectivity index (χ0) is 16.2. The van der Waals surface area contributed by atoms with Gasteiger partial charge in [0.1, 0.15) is 5.75 Å². The largest absolute Gasteiger partial charge is 0.573 e. The van der Waals surface area contributed by atoms with E-state index in [0.29, 0.717) is 24.9 Å². The van der Waals surface area contributed by atoms with E-state index < -0.39 is 6.36 Å². The van der Waals surface area contributed by atoms with E-state index in [4.69, 9.17) is 0 Å². The molecule has 0 aromatic heterocycles. The van der Waals surface area contributed by atoms with Crippen molar-refractivity contribution < 1.29 is 17.9 Å². The molecule has 122 valence electrons. The maximum atomic E-state index is 12.1. The number of hydrogen-bond acceptors (Lipinski definition) is 2. The second-order valence-electron chi connectivity index (χ2n) is 5.40. The lowest BCUT2D eigenvalue weighted by Crippen LogP contribution is -2.39. The van der Waals surface area contributed by atoms with Crippen molar-refractivity contribution in [2.75, 3.05) is 13.6 Å². The lowest BCUT2D eigenvalue weighted by Gasteiger charge is -2.12. The monoisotopic (exact) mass is 315 g/mol. The first-order valence-corrected chi connectivity index (χ1v) is 7.19. The summed E-state index contributed by atoms with van der Waals surface area (Å²) in [4.78, 5) is 4.14. The molecular formula is C15H20F3N3O. The van der Waals surface area contributed by atoms with Crippen LogP contribution in [0.2, 0.25) is 0 Å². The van der Waals surface area contributed by atoms with Gasteiger partial charge in [0.25, 0.3) is 0 Å². The standard InChI is InChI=1S/C15H20F3N3O/c1-10-9-13(10)21-14(19-2)20-8-7-11-3-5-12(6-4-11)22-15(16,17)18/h3-6,10,13H,7-9H2,1-2H3,(H2,19,20,21). The Labute approximate surface area is 127 Å². The average Bonchev–Trinajstić information content (AvgIpc) is 3.13. The Morgan fingerprint density at radius 3 is 2.45 bits per heavy atom. The Hall–Kier alpha value is -1.92. The molecule has 1 aliphatic rings. The molecule has 7 heteroatoms. The smallest absolute Gasteiger partial charge is 0.406 e. The molecule has 0 heterocycles. The van der Waals surface area contributed by atoms with Gasteiger partial charge in [-0.05, 0) is 36.5 Å². The predicted molar refractivity (Wildman–Crippen MR) is 78.9 cm³/mol. The number of rotatable bonds is 5. The predicted octanol–water partition coefficient (Wildman–Crippen LogP) is 2.70. The summed E-state index contributed by atoms with van der Waals surface area (Å²) < 4.78 is 40.0. The zero-order valence-electron chi connectivity index (χ0n) is 12.6. The van der Waals surface area contributed by atoms with Crippen LogP contribution in [0.15, 0.2) is 29.3 Å². The molecule has 0 radical (unpaired) electrons. The lowest BCUT2D eigenvalue weighted by molar-refractivity contribution is -0.274. The van der Waals surface area contributed by atoms with Gasteiger partial charge in [-0.25, -0.2) is 0 Å². The number of halogens is 3. The fourth-order valence-electron chi connectivity index (χ4n) is 2.08. The number of guanidine groups is 1. The van der Waals surface area contributed by atoms with E-state index >= 15 is 0 Å². The fraction of sp³-hybridized carbons (Fsp3) is 0.533. The second-order valence-corrected chi connectivity index (χ2v) is 5.40. The van der Waals surface area contributed by atoms with Gasteiger partial charge >= 0.3 is 6.36 Å². The Morgan fingerprint density at radius 2 is 1.95 bits per heavy atom. The third-order valence-corrected chi connectivity index (χ3v) is 3.52. The fourth-order valence-corrected chi connectivity index (χ4v) is 2.08. The molecule has 2 N–H and O–H groups in total. The first-order valence-electron chi connectivity index (χ1n) is 7.19. The summed E-state index contributed by atoms with van der Waals surface area (Å²) in [6.45, 7) is 2.83. The van der Waals surface area contributed by atoms with Gasteiger partial charge < -0.3 is 15.4 Å². The molecule has 1 aromatic rings. The highest BCUT2D eigenvalue weighted by atomic mass is 19.4. The molecule has 1 saturated carbocycles. The van der Waals surface area contributed by atoms with E-state index in [-0.39, 0.29) is 5.75 Å². The van der Waals surface area contributed by atoms with Gasteiger partial charge in [0.2, 0.25) is 0 Å². The third-order valence-electron chi connectivity index (χ3n) is 3.52. The Kier molecular flexibility index (Phi) is 5.15. The van der Waals surface area contributed by atoms with Crippen molar-refractivity contribution in [2.45, 2.75) is 32.2 Å². The summed E-state index contributed by atoms with van der Waals surface area (Å²) in [5, 5.41) is 6.50. The van der Waals surface area contributed by atoms with E-state index in [2.05, 4.69) is 27.3 Å². The Balaban J connectivity index is 1.74. The van der Waals surface area contributed by atoms with E-state index in [0.717, 1.165) is 17.9 Å². The van der Waals surface area contributed by atoms with Crippen molar-refractivity contribution in [3.63, 3.8) is 0 Å². The van der Waals surface area contributed by atoms with E-state index in [1.54, 1.807) is 19.2 Å². The SMILES string of the molecule is CN=C(NCCc1ccc(OC(F)(F)F)cc1)NC1CC1C. The van der Waals surface area contributed by atoms with E-state index in [9.17, 15) is 13.2 Å². The van der Waals surface area contributed by atoms with Gasteiger partial charge in [0.15, 0.2) is 5.96 Å². The molecule has 0 aliphatic heterocycles. The first-order chi connectivity index (χ1) is 10.4. The summed E-state index contributed by atoms with van der Waals surface area (Å²) >= 11 is 0. The number of aliphatic imine (C=N–C) groups is 1. The lowest BCUT2D eigenvalue weighted by atomic mass is 10.1. The van der Waals surface area contributed by atoms with Crippen molar-refractivity contribution in [2.24, 2.45) is 10.9 Å². The van der Waals surface area contributed by atoms with E-state index in [1.807, 2.05) is 0 Å². The van der Waals surface area contributed by atoms with Gasteiger partial charge in [0, 0.05) is 19.6 Å². The van der Waals surface area contributed by atoms with Crippen LogP contribution in [0.25, 0.3) is 0 Å². The highest BCUT2D eigenvalue weighted by Crippen LogP contribution is 2.28. The zero-order valence-corrected chi connectivity index (χ0v) is 12.6. The molecule has 0 spiro atoms. The normalized spacial score (nSPS) is 21.4. The highest BCUT2D eigenvalue weighted by Gasteiger charge is 2.33. The van der Waals surface area contributed by atoms with Crippen LogP contribution in [-0.4, -0.2) is 32.0 Å². The number of nitrogens with one attached hydrogen (secondary N) is 2. The number of hydrogen-bond donors (Lipinski definition) is 2. The molecule has 1 aromatic carbocycles. The Bertz CT molecular complexity index is 514. The van der Waals surface area contributed by atoms with Crippen molar-refractivity contribution in [1.29, 1.82) is 0 Å². The minimum absolute atomic E-state index is 0.204. The maximum absolute atomic E-state index is 12.1. The molecule has 2 unspecified atom stereocenters. The van der Waals surface area contributed by atoms with Crippen LogP contribution in [0, 0.1) is 5.92 Å². The van der Waals surface area contributed by atoms with Gasteiger partial charge in [0.05, 0.1) is 0 Å². The summed E-state index contributed by atoms with van der Waals surface area (Å²) in [6.07, 6.45) is -2.81. The molecule has 1 aliphatic carbocycles. The summed E-state index contributed by atoms with van der Waals surface area (Å²) in [5.41, 5.74) is 0.928. The maximum Gasteiger partial charge on any atom is 0.573 e. The third kappa shape index (κ3) is 5.46. The molecule has 22 heavy (non-hydrogen) atoms. The van der Waals surface area contributed by atoms with Crippen LogP contribution >= 0.6 is 0 Å². The van der Waals surface area contributed by atoms with E-state index in [1.165, 1.54) is 12.1 Å². The van der Waals surface area contributed by atoms with Gasteiger partial charge in [-0.15, -0.1) is 13.2 Å². The summed E-state index contributed by atoms with van der Waals surface area (Å²) in [6, 6.07) is 6.39. The first kappa shape index (κ1) is 16.5. The van der Waals surface area contributed by atoms with Gasteiger partial charge in [-0.1, -0.05) is 19.1 Å². The quantitative estimate of drug-likeness (QED) is 0.649. The number of ether oxygens (including phenoxy) is 1. The molecule has 0 bridgehead atoms. The number of benzene rings is 1. The molecule has 2 rings (SSSR count). The van der Waals surface area contributed by atoms with Crippen molar-refractivity contribution in [3.05, 3.63) is 29.8 Å². The van der Waals surface area contributed by atoms with Crippen molar-refractivity contribution in [1.82, 2.24) is 10.6 Å². The summed E-state index contributed by atoms with van der Waals surface area (Å²) in [7, 11) is 1.71. The molecule has 0 saturated heterocycles. The summed E-state index contributed by atoms with van der Waals surface area (Å²) in [5.74, 6) is 1.23. The highest BCUT2D eigenvalue weighted by molar-refractivity contribution is 5.80. The van der Waals surface area contributed by atoms with Crippen LogP contribution in [0.5, 0.6) is 5.75 Å². The minimum atomic E-state index is -4.65. The van der Waals surface area contributed by atoms with Crippen LogP contribution in [-0.2, 0) is 6.42 Å². The van der Waals surface area contributed by atoms with Crippen LogP contribution in [0.1, 0.15) is 18.9 Å². The van der Waals surface area contributed by atoms with Crippen LogP contribution < -0.4 is 15.4 Å². The number of alkyl halides is 3. The topological polar surface area (TPSA) is 45.7 Å². The molecule has 0 amide bonds. The number of nitrogens with zero attached hydrogens (tertiary/aromatic N) is 1. The molecule has 4 nitrogen and oxygen atoms in total. The van der Waals surface area contributed by atoms with Crippen LogP contribution in [0.3, 0.4) is 0 Å². The van der Waals surface area contributed by atoms with Gasteiger partial charge in [-0.2, -0.15) is 0 Å². The van der Waals surface area contributed by atoms with Crippen molar-refractivity contribution in [3.8, 4) is 5.75 Å². The average molecular weight is 315 g/mol. The van der Waals surface area contributed by atoms with Crippen molar-refractivity contribution >= 4 is 5.96 Å². The molecular weight excluding hydrogens is 295 g/mol. The Morgan fingerprint density at radius 1 is 1.32 bits per heavy atom. The molecule has 2 atom stereocenters. The minimum Gasteiger partial charge on any atom is -0.406 e. The van der Waals surface area contributed by atoms with Gasteiger partial charge in [-0.3, -0.25) is 4.99 Å². The second kappa shape index (κ2) is 6.89.